The van der Waals surface area contributed by atoms with Gasteiger partial charge in [-0.15, -0.1) is 0 Å². The van der Waals surface area contributed by atoms with E-state index in [9.17, 15) is 4.39 Å². The van der Waals surface area contributed by atoms with Gasteiger partial charge in [0.05, 0.1) is 6.10 Å². The van der Waals surface area contributed by atoms with E-state index < -0.39 is 0 Å². The molecule has 0 spiro atoms. The highest BCUT2D eigenvalue weighted by Gasteiger charge is 2.21. The van der Waals surface area contributed by atoms with E-state index in [2.05, 4.69) is 21.9 Å². The Kier molecular flexibility index (Phi) is 5.26. The van der Waals surface area contributed by atoms with E-state index in [-0.39, 0.29) is 11.9 Å². The highest BCUT2D eigenvalue weighted by molar-refractivity contribution is 5.46. The van der Waals surface area contributed by atoms with Gasteiger partial charge in [0, 0.05) is 45.5 Å². The third kappa shape index (κ3) is 4.09. The molecular formula is C19H23FN2O. The number of benzene rings is 2. The quantitative estimate of drug-likeness (QED) is 0.842. The fourth-order valence-corrected chi connectivity index (χ4v) is 3.06. The summed E-state index contributed by atoms with van der Waals surface area (Å²) in [6.45, 7) is 4.79. The predicted octanol–water partition coefficient (Wildman–Crippen LogP) is 3.34. The van der Waals surface area contributed by atoms with Gasteiger partial charge in [-0.1, -0.05) is 30.3 Å². The maximum Gasteiger partial charge on any atom is 0.123 e. The third-order valence-corrected chi connectivity index (χ3v) is 4.44. The molecule has 0 radical (unpaired) electrons. The lowest BCUT2D eigenvalue weighted by molar-refractivity contribution is 0.0615. The molecule has 23 heavy (non-hydrogen) atoms. The van der Waals surface area contributed by atoms with E-state index in [0.29, 0.717) is 0 Å². The molecule has 0 aromatic heterocycles. The van der Waals surface area contributed by atoms with Crippen molar-refractivity contribution in [3.05, 3.63) is 66.0 Å². The van der Waals surface area contributed by atoms with Gasteiger partial charge in [-0.05, 0) is 29.8 Å². The molecule has 1 saturated heterocycles. The first-order chi connectivity index (χ1) is 11.3. The second-order valence-electron chi connectivity index (χ2n) is 5.90. The minimum absolute atomic E-state index is 0.105. The number of hydrogen-bond acceptors (Lipinski definition) is 3. The molecule has 1 heterocycles. The van der Waals surface area contributed by atoms with Crippen LogP contribution in [-0.2, 0) is 4.74 Å². The molecule has 1 aliphatic rings. The van der Waals surface area contributed by atoms with Crippen LogP contribution in [0.1, 0.15) is 11.7 Å². The first-order valence-electron chi connectivity index (χ1n) is 8.07. The molecule has 0 aliphatic carbocycles. The molecule has 0 saturated carbocycles. The molecule has 0 bridgehead atoms. The molecule has 3 rings (SSSR count). The molecule has 3 nitrogen and oxygen atoms in total. The van der Waals surface area contributed by atoms with Gasteiger partial charge < -0.3 is 9.64 Å². The van der Waals surface area contributed by atoms with Crippen molar-refractivity contribution in [2.75, 3.05) is 44.7 Å². The summed E-state index contributed by atoms with van der Waals surface area (Å²) >= 11 is 0. The molecule has 1 aliphatic heterocycles. The molecule has 1 unspecified atom stereocenters. The van der Waals surface area contributed by atoms with Gasteiger partial charge >= 0.3 is 0 Å². The molecule has 0 amide bonds. The summed E-state index contributed by atoms with van der Waals surface area (Å²) in [5.74, 6) is -0.182. The second kappa shape index (κ2) is 7.57. The van der Waals surface area contributed by atoms with E-state index in [1.807, 2.05) is 30.3 Å². The lowest BCUT2D eigenvalue weighted by Crippen LogP contribution is -2.47. The van der Waals surface area contributed by atoms with Gasteiger partial charge in [0.15, 0.2) is 0 Å². The first kappa shape index (κ1) is 16.0. The van der Waals surface area contributed by atoms with Gasteiger partial charge in [0.1, 0.15) is 5.82 Å². The fraction of sp³-hybridized carbons (Fsp3) is 0.368. The van der Waals surface area contributed by atoms with Crippen LogP contribution in [0.5, 0.6) is 0 Å². The maximum absolute atomic E-state index is 13.0. The van der Waals surface area contributed by atoms with Crippen LogP contribution >= 0.6 is 0 Å². The number of anilines is 1. The van der Waals surface area contributed by atoms with Crippen molar-refractivity contribution >= 4 is 5.69 Å². The summed E-state index contributed by atoms with van der Waals surface area (Å²) in [4.78, 5) is 4.74. The van der Waals surface area contributed by atoms with Gasteiger partial charge in [-0.25, -0.2) is 4.39 Å². The Morgan fingerprint density at radius 3 is 2.22 bits per heavy atom. The lowest BCUT2D eigenvalue weighted by Gasteiger charge is -2.37. The zero-order chi connectivity index (χ0) is 16.1. The molecule has 1 atom stereocenters. The van der Waals surface area contributed by atoms with Crippen molar-refractivity contribution in [3.63, 3.8) is 0 Å². The van der Waals surface area contributed by atoms with Crippen LogP contribution in [-0.4, -0.2) is 44.7 Å². The molecular weight excluding hydrogens is 291 g/mol. The largest absolute Gasteiger partial charge is 0.375 e. The Bertz CT molecular complexity index is 595. The Morgan fingerprint density at radius 2 is 1.61 bits per heavy atom. The average molecular weight is 314 g/mol. The highest BCUT2D eigenvalue weighted by Crippen LogP contribution is 2.21. The summed E-state index contributed by atoms with van der Waals surface area (Å²) in [5.41, 5.74) is 2.31. The van der Waals surface area contributed by atoms with Crippen molar-refractivity contribution in [3.8, 4) is 0 Å². The standard InChI is InChI=1S/C19H23FN2O/c1-23-19(16-5-3-2-4-6-16)15-21-11-13-22(14-12-21)18-9-7-17(20)8-10-18/h2-10,19H,11-15H2,1H3. The molecule has 4 heteroatoms. The maximum atomic E-state index is 13.0. The van der Waals surface area contributed by atoms with E-state index in [4.69, 9.17) is 4.74 Å². The zero-order valence-electron chi connectivity index (χ0n) is 13.5. The number of ether oxygens (including phenoxy) is 1. The van der Waals surface area contributed by atoms with Gasteiger partial charge in [0.2, 0.25) is 0 Å². The van der Waals surface area contributed by atoms with Crippen LogP contribution in [0.3, 0.4) is 0 Å². The summed E-state index contributed by atoms with van der Waals surface area (Å²) in [5, 5.41) is 0. The minimum Gasteiger partial charge on any atom is -0.375 e. The van der Waals surface area contributed by atoms with Gasteiger partial charge in [-0.3, -0.25) is 4.90 Å². The van der Waals surface area contributed by atoms with E-state index >= 15 is 0 Å². The SMILES string of the molecule is COC(CN1CCN(c2ccc(F)cc2)CC1)c1ccccc1. The number of piperazine rings is 1. The van der Waals surface area contributed by atoms with Crippen LogP contribution in [0, 0.1) is 5.82 Å². The third-order valence-electron chi connectivity index (χ3n) is 4.44. The smallest absolute Gasteiger partial charge is 0.123 e. The Balaban J connectivity index is 1.55. The summed E-state index contributed by atoms with van der Waals surface area (Å²) < 4.78 is 18.7. The van der Waals surface area contributed by atoms with Crippen LogP contribution in [0.25, 0.3) is 0 Å². The van der Waals surface area contributed by atoms with Crippen molar-refractivity contribution in [2.24, 2.45) is 0 Å². The number of hydrogen-bond donors (Lipinski definition) is 0. The molecule has 2 aromatic carbocycles. The topological polar surface area (TPSA) is 15.7 Å². The fourth-order valence-electron chi connectivity index (χ4n) is 3.06. The van der Waals surface area contributed by atoms with E-state index in [1.54, 1.807) is 7.11 Å². The summed E-state index contributed by atoms with van der Waals surface area (Å²) in [6.07, 6.45) is 0.105. The monoisotopic (exact) mass is 314 g/mol. The van der Waals surface area contributed by atoms with E-state index in [1.165, 1.54) is 17.7 Å². The summed E-state index contributed by atoms with van der Waals surface area (Å²) in [7, 11) is 1.77. The first-order valence-corrected chi connectivity index (χ1v) is 8.07. The number of rotatable bonds is 5. The van der Waals surface area contributed by atoms with Crippen molar-refractivity contribution < 1.29 is 9.13 Å². The Morgan fingerprint density at radius 1 is 0.957 bits per heavy atom. The Labute approximate surface area is 137 Å². The number of methoxy groups -OCH3 is 1. The van der Waals surface area contributed by atoms with Crippen molar-refractivity contribution in [1.82, 2.24) is 4.90 Å². The normalized spacial score (nSPS) is 17.2. The lowest BCUT2D eigenvalue weighted by atomic mass is 10.1. The Hall–Kier alpha value is -1.91. The molecule has 0 N–H and O–H groups in total. The second-order valence-corrected chi connectivity index (χ2v) is 5.90. The minimum atomic E-state index is -0.182. The molecule has 2 aromatic rings. The van der Waals surface area contributed by atoms with Gasteiger partial charge in [0.25, 0.3) is 0 Å². The zero-order valence-corrected chi connectivity index (χ0v) is 13.5. The van der Waals surface area contributed by atoms with Crippen LogP contribution in [0.15, 0.2) is 54.6 Å². The van der Waals surface area contributed by atoms with Crippen LogP contribution in [0.4, 0.5) is 10.1 Å². The highest BCUT2D eigenvalue weighted by atomic mass is 19.1. The summed E-state index contributed by atoms with van der Waals surface area (Å²) in [6, 6.07) is 17.1. The number of halogens is 1. The average Bonchev–Trinajstić information content (AvgIpc) is 2.62. The molecule has 1 fully saturated rings. The van der Waals surface area contributed by atoms with Crippen molar-refractivity contribution in [2.45, 2.75) is 6.10 Å². The number of nitrogens with zero attached hydrogens (tertiary/aromatic N) is 2. The van der Waals surface area contributed by atoms with Crippen LogP contribution in [0.2, 0.25) is 0 Å². The van der Waals surface area contributed by atoms with Crippen LogP contribution < -0.4 is 4.90 Å². The molecule has 122 valence electrons. The van der Waals surface area contributed by atoms with Crippen molar-refractivity contribution in [1.29, 1.82) is 0 Å². The van der Waals surface area contributed by atoms with E-state index in [0.717, 1.165) is 38.4 Å². The van der Waals surface area contributed by atoms with Gasteiger partial charge in [-0.2, -0.15) is 0 Å². The predicted molar refractivity (Wildman–Crippen MR) is 91.2 cm³/mol.